The molecule has 2 heterocycles. The van der Waals surface area contributed by atoms with E-state index in [1.165, 1.54) is 4.52 Å². The van der Waals surface area contributed by atoms with Crippen LogP contribution in [0.5, 0.6) is 5.75 Å². The fraction of sp³-hybridized carbons (Fsp3) is 0. The second-order valence-electron chi connectivity index (χ2n) is 3.78. The van der Waals surface area contributed by atoms with E-state index in [1.807, 2.05) is 0 Å². The second kappa shape index (κ2) is 3.86. The molecular weight excluding hydrogens is 228 g/mol. The van der Waals surface area contributed by atoms with Crippen LogP contribution in [0.4, 0.5) is 0 Å². The lowest BCUT2D eigenvalue weighted by atomic mass is 10.2. The molecule has 86 valence electrons. The molecule has 0 atom stereocenters. The van der Waals surface area contributed by atoms with Crippen molar-refractivity contribution in [3.63, 3.8) is 0 Å². The molecule has 3 aromatic rings. The van der Waals surface area contributed by atoms with Gasteiger partial charge in [-0.15, -0.1) is 5.10 Å². The van der Waals surface area contributed by atoms with E-state index < -0.39 is 0 Å². The minimum Gasteiger partial charge on any atom is -0.508 e. The Morgan fingerprint density at radius 1 is 1.17 bits per heavy atom. The first kappa shape index (κ1) is 10.3. The van der Waals surface area contributed by atoms with Crippen LogP contribution in [-0.4, -0.2) is 19.7 Å². The molecule has 0 aliphatic carbocycles. The van der Waals surface area contributed by atoms with Gasteiger partial charge in [-0.3, -0.25) is 0 Å². The molecule has 0 bridgehead atoms. The molecule has 3 rings (SSSR count). The lowest BCUT2D eigenvalue weighted by Crippen LogP contribution is -1.93. The summed E-state index contributed by atoms with van der Waals surface area (Å²) in [4.78, 5) is 4.32. The number of rotatable bonds is 1. The Kier molecular flexibility index (Phi) is 2.21. The highest BCUT2D eigenvalue weighted by Crippen LogP contribution is 2.21. The maximum Gasteiger partial charge on any atom is 0.182 e. The average molecular weight is 236 g/mol. The van der Waals surface area contributed by atoms with Crippen molar-refractivity contribution in [2.24, 2.45) is 0 Å². The first-order chi connectivity index (χ1) is 8.78. The van der Waals surface area contributed by atoms with E-state index in [-0.39, 0.29) is 5.75 Å². The van der Waals surface area contributed by atoms with Gasteiger partial charge in [-0.05, 0) is 24.3 Å². The number of fused-ring (bicyclic) bond motifs is 1. The van der Waals surface area contributed by atoms with Gasteiger partial charge in [0.05, 0.1) is 0 Å². The minimum atomic E-state index is 0.159. The van der Waals surface area contributed by atoms with Gasteiger partial charge in [-0.1, -0.05) is 18.2 Å². The molecular formula is C13H8N4O. The predicted molar refractivity (Wildman–Crippen MR) is 64.8 cm³/mol. The Bertz CT molecular complexity index is 770. The summed E-state index contributed by atoms with van der Waals surface area (Å²) in [5.41, 5.74) is 1.74. The van der Waals surface area contributed by atoms with E-state index in [2.05, 4.69) is 16.2 Å². The van der Waals surface area contributed by atoms with Crippen LogP contribution in [0, 0.1) is 11.3 Å². The van der Waals surface area contributed by atoms with E-state index in [1.54, 1.807) is 42.5 Å². The Morgan fingerprint density at radius 3 is 2.78 bits per heavy atom. The molecule has 0 amide bonds. The number of aromatic nitrogens is 3. The molecule has 0 aliphatic heterocycles. The van der Waals surface area contributed by atoms with Crippen LogP contribution in [-0.2, 0) is 0 Å². The molecule has 0 fully saturated rings. The predicted octanol–water partition coefficient (Wildman–Crippen LogP) is 1.97. The summed E-state index contributed by atoms with van der Waals surface area (Å²) in [6.07, 6.45) is 0. The summed E-state index contributed by atoms with van der Waals surface area (Å²) in [6.45, 7) is 0. The van der Waals surface area contributed by atoms with Gasteiger partial charge in [0.2, 0.25) is 0 Å². The van der Waals surface area contributed by atoms with Crippen molar-refractivity contribution in [1.82, 2.24) is 14.6 Å². The van der Waals surface area contributed by atoms with Crippen molar-refractivity contribution in [1.29, 1.82) is 5.26 Å². The molecule has 0 saturated carbocycles. The lowest BCUT2D eigenvalue weighted by molar-refractivity contribution is 0.475. The van der Waals surface area contributed by atoms with Crippen molar-refractivity contribution < 1.29 is 5.11 Å². The van der Waals surface area contributed by atoms with Crippen molar-refractivity contribution in [2.75, 3.05) is 0 Å². The molecule has 1 N–H and O–H groups in total. The summed E-state index contributed by atoms with van der Waals surface area (Å²) in [7, 11) is 0. The Balaban J connectivity index is 2.23. The molecule has 1 aromatic carbocycles. The first-order valence-corrected chi connectivity index (χ1v) is 5.33. The highest BCUT2D eigenvalue weighted by molar-refractivity contribution is 5.60. The number of phenolic OH excluding ortho intramolecular Hbond substituents is 1. The number of hydrogen-bond acceptors (Lipinski definition) is 4. The van der Waals surface area contributed by atoms with Crippen LogP contribution in [0.2, 0.25) is 0 Å². The third kappa shape index (κ3) is 1.57. The largest absolute Gasteiger partial charge is 0.508 e. The van der Waals surface area contributed by atoms with Crippen LogP contribution >= 0.6 is 0 Å². The van der Waals surface area contributed by atoms with E-state index in [0.717, 1.165) is 0 Å². The number of benzene rings is 1. The normalized spacial score (nSPS) is 10.4. The first-order valence-electron chi connectivity index (χ1n) is 5.33. The van der Waals surface area contributed by atoms with Gasteiger partial charge in [0.15, 0.2) is 11.5 Å². The van der Waals surface area contributed by atoms with E-state index in [9.17, 15) is 5.11 Å². The highest BCUT2D eigenvalue weighted by Gasteiger charge is 2.08. The number of phenols is 1. The van der Waals surface area contributed by atoms with Crippen molar-refractivity contribution in [3.05, 3.63) is 48.2 Å². The molecule has 18 heavy (non-hydrogen) atoms. The monoisotopic (exact) mass is 236 g/mol. The average Bonchev–Trinajstić information content (AvgIpc) is 2.82. The molecule has 2 aromatic heterocycles. The maximum atomic E-state index is 9.44. The zero-order valence-corrected chi connectivity index (χ0v) is 9.28. The van der Waals surface area contributed by atoms with Crippen LogP contribution in [0.1, 0.15) is 5.69 Å². The Labute approximate surface area is 103 Å². The molecule has 0 radical (unpaired) electrons. The van der Waals surface area contributed by atoms with Crippen molar-refractivity contribution in [2.45, 2.75) is 0 Å². The minimum absolute atomic E-state index is 0.159. The molecule has 5 heteroatoms. The summed E-state index contributed by atoms with van der Waals surface area (Å²) in [5, 5.41) is 22.7. The third-order valence-corrected chi connectivity index (χ3v) is 2.58. The van der Waals surface area contributed by atoms with Gasteiger partial charge in [0, 0.05) is 5.56 Å². The fourth-order valence-electron chi connectivity index (χ4n) is 1.76. The van der Waals surface area contributed by atoms with Crippen LogP contribution in [0.25, 0.3) is 17.0 Å². The zero-order valence-electron chi connectivity index (χ0n) is 9.28. The molecule has 0 saturated heterocycles. The number of nitriles is 1. The van der Waals surface area contributed by atoms with Gasteiger partial charge in [-0.25, -0.2) is 9.50 Å². The van der Waals surface area contributed by atoms with Gasteiger partial charge in [-0.2, -0.15) is 5.26 Å². The molecule has 5 nitrogen and oxygen atoms in total. The standard InChI is InChI=1S/C13H8N4O/c14-8-10-4-2-6-12-15-13(16-17(10)12)9-3-1-5-11(18)7-9/h1-7,18H. The highest BCUT2D eigenvalue weighted by atomic mass is 16.3. The van der Waals surface area contributed by atoms with Gasteiger partial charge < -0.3 is 5.11 Å². The van der Waals surface area contributed by atoms with E-state index in [4.69, 9.17) is 5.26 Å². The van der Waals surface area contributed by atoms with Crippen LogP contribution in [0.15, 0.2) is 42.5 Å². The van der Waals surface area contributed by atoms with E-state index in [0.29, 0.717) is 22.7 Å². The number of hydrogen-bond donors (Lipinski definition) is 1. The number of aromatic hydroxyl groups is 1. The smallest absolute Gasteiger partial charge is 0.182 e. The van der Waals surface area contributed by atoms with Crippen LogP contribution < -0.4 is 0 Å². The Morgan fingerprint density at radius 2 is 2.00 bits per heavy atom. The quantitative estimate of drug-likeness (QED) is 0.701. The maximum absolute atomic E-state index is 9.44. The molecule has 0 aliphatic rings. The Hall–Kier alpha value is -2.87. The second-order valence-corrected chi connectivity index (χ2v) is 3.78. The zero-order chi connectivity index (χ0) is 12.5. The third-order valence-electron chi connectivity index (χ3n) is 2.58. The van der Waals surface area contributed by atoms with E-state index >= 15 is 0 Å². The van der Waals surface area contributed by atoms with Crippen molar-refractivity contribution >= 4 is 5.65 Å². The van der Waals surface area contributed by atoms with Gasteiger partial charge in [0.25, 0.3) is 0 Å². The van der Waals surface area contributed by atoms with Gasteiger partial charge in [0.1, 0.15) is 17.5 Å². The summed E-state index contributed by atoms with van der Waals surface area (Å²) >= 11 is 0. The summed E-state index contributed by atoms with van der Waals surface area (Å²) in [5.74, 6) is 0.639. The van der Waals surface area contributed by atoms with Crippen molar-refractivity contribution in [3.8, 4) is 23.2 Å². The topological polar surface area (TPSA) is 74.2 Å². The number of pyridine rings is 1. The SMILES string of the molecule is N#Cc1cccc2nc(-c3cccc(O)c3)nn12. The molecule has 0 spiro atoms. The molecule has 0 unspecified atom stereocenters. The van der Waals surface area contributed by atoms with Gasteiger partial charge >= 0.3 is 0 Å². The lowest BCUT2D eigenvalue weighted by Gasteiger charge is -1.95. The summed E-state index contributed by atoms with van der Waals surface area (Å²) < 4.78 is 1.49. The van der Waals surface area contributed by atoms with Crippen LogP contribution in [0.3, 0.4) is 0 Å². The number of nitrogens with zero attached hydrogens (tertiary/aromatic N) is 4. The summed E-state index contributed by atoms with van der Waals surface area (Å²) in [6, 6.07) is 14.0. The fourth-order valence-corrected chi connectivity index (χ4v) is 1.76.